The van der Waals surface area contributed by atoms with Crippen LogP contribution in [0.15, 0.2) is 66.9 Å². The van der Waals surface area contributed by atoms with Gasteiger partial charge in [-0.3, -0.25) is 4.90 Å². The lowest BCUT2D eigenvalue weighted by Crippen LogP contribution is -2.48. The number of rotatable bonds is 7. The third kappa shape index (κ3) is 5.43. The standard InChI is InChI=1S/C35H40N6O3/c1-23-8-7-9-24(2)33(23)40-25(3)29-22-36-32(20-26-10-12-27(13-11-26)39-18-16-38(4)17-19-39)37-34(29)41(35(40)42)30-15-14-28(43-5)21-31(30)44-6/h7-15,21-22,25H,16-20H2,1-6H3. The highest BCUT2D eigenvalue weighted by Gasteiger charge is 2.41. The summed E-state index contributed by atoms with van der Waals surface area (Å²) in [6, 6.07) is 19.7. The number of carbonyl (C=O) groups excluding carboxylic acids is 1. The van der Waals surface area contributed by atoms with Gasteiger partial charge in [-0.2, -0.15) is 0 Å². The number of piperazine rings is 1. The molecule has 0 saturated carbocycles. The number of methoxy groups -OCH3 is 2. The largest absolute Gasteiger partial charge is 0.497 e. The van der Waals surface area contributed by atoms with Gasteiger partial charge in [0.1, 0.15) is 23.1 Å². The van der Waals surface area contributed by atoms with Crippen LogP contribution in [0.4, 0.5) is 27.7 Å². The fourth-order valence-electron chi connectivity index (χ4n) is 6.21. The number of anilines is 4. The Bertz CT molecular complexity index is 1650. The molecule has 4 aromatic rings. The van der Waals surface area contributed by atoms with Crippen LogP contribution < -0.4 is 24.2 Å². The maximum Gasteiger partial charge on any atom is 0.335 e. The van der Waals surface area contributed by atoms with E-state index >= 15 is 0 Å². The van der Waals surface area contributed by atoms with Gasteiger partial charge in [-0.05, 0) is 68.8 Å². The van der Waals surface area contributed by atoms with E-state index < -0.39 is 0 Å². The quantitative estimate of drug-likeness (QED) is 0.250. The minimum Gasteiger partial charge on any atom is -0.497 e. The van der Waals surface area contributed by atoms with Crippen molar-refractivity contribution in [2.45, 2.75) is 33.2 Å². The number of aryl methyl sites for hydroxylation is 2. The van der Waals surface area contributed by atoms with Gasteiger partial charge < -0.3 is 19.3 Å². The van der Waals surface area contributed by atoms with E-state index in [-0.39, 0.29) is 12.1 Å². The number of carbonyl (C=O) groups is 1. The minimum absolute atomic E-state index is 0.202. The molecular weight excluding hydrogens is 552 g/mol. The van der Waals surface area contributed by atoms with Gasteiger partial charge in [-0.25, -0.2) is 19.7 Å². The number of hydrogen-bond donors (Lipinski definition) is 0. The fraction of sp³-hybridized carbons (Fsp3) is 0.343. The van der Waals surface area contributed by atoms with E-state index in [1.54, 1.807) is 25.2 Å². The van der Waals surface area contributed by atoms with Crippen molar-refractivity contribution in [1.29, 1.82) is 0 Å². The van der Waals surface area contributed by atoms with E-state index in [9.17, 15) is 4.79 Å². The highest BCUT2D eigenvalue weighted by Crippen LogP contribution is 2.46. The average Bonchev–Trinajstić information content (AvgIpc) is 3.03. The smallest absolute Gasteiger partial charge is 0.335 e. The molecule has 44 heavy (non-hydrogen) atoms. The Morgan fingerprint density at radius 2 is 1.61 bits per heavy atom. The number of hydrogen-bond acceptors (Lipinski definition) is 7. The first kappa shape index (κ1) is 29.4. The van der Waals surface area contributed by atoms with Gasteiger partial charge in [-0.15, -0.1) is 0 Å². The summed E-state index contributed by atoms with van der Waals surface area (Å²) in [6.07, 6.45) is 2.42. The van der Waals surface area contributed by atoms with E-state index in [0.29, 0.717) is 35.2 Å². The molecule has 0 radical (unpaired) electrons. The summed E-state index contributed by atoms with van der Waals surface area (Å²) in [4.78, 5) is 32.7. The topological polar surface area (TPSA) is 74.3 Å². The predicted molar refractivity (Wildman–Crippen MR) is 175 cm³/mol. The molecule has 1 saturated heterocycles. The van der Waals surface area contributed by atoms with Gasteiger partial charge in [0, 0.05) is 56.1 Å². The number of amides is 2. The predicted octanol–water partition coefficient (Wildman–Crippen LogP) is 6.29. The van der Waals surface area contributed by atoms with Gasteiger partial charge in [0.2, 0.25) is 0 Å². The Kier molecular flexibility index (Phi) is 8.14. The molecule has 0 aliphatic carbocycles. The lowest BCUT2D eigenvalue weighted by Gasteiger charge is -2.41. The second-order valence-electron chi connectivity index (χ2n) is 11.6. The van der Waals surface area contributed by atoms with Crippen LogP contribution in [0.1, 0.15) is 41.0 Å². The van der Waals surface area contributed by atoms with Crippen molar-refractivity contribution >= 4 is 28.9 Å². The summed E-state index contributed by atoms with van der Waals surface area (Å²) in [5.74, 6) is 2.36. The van der Waals surface area contributed by atoms with Crippen LogP contribution in [0.3, 0.4) is 0 Å². The van der Waals surface area contributed by atoms with Crippen LogP contribution in [0, 0.1) is 13.8 Å². The summed E-state index contributed by atoms with van der Waals surface area (Å²) in [5.41, 5.74) is 6.72. The molecule has 1 fully saturated rings. The maximum atomic E-state index is 14.6. The maximum absolute atomic E-state index is 14.6. The zero-order valence-electron chi connectivity index (χ0n) is 26.4. The first-order valence-corrected chi connectivity index (χ1v) is 15.1. The first-order valence-electron chi connectivity index (χ1n) is 15.1. The Balaban J connectivity index is 1.39. The lowest BCUT2D eigenvalue weighted by molar-refractivity contribution is 0.250. The number of aromatic nitrogens is 2. The van der Waals surface area contributed by atoms with Crippen molar-refractivity contribution in [2.75, 3.05) is 62.1 Å². The molecule has 6 rings (SSSR count). The van der Waals surface area contributed by atoms with Crippen LogP contribution in [0.2, 0.25) is 0 Å². The minimum atomic E-state index is -0.283. The van der Waals surface area contributed by atoms with Crippen LogP contribution in [0.5, 0.6) is 11.5 Å². The molecule has 3 aromatic carbocycles. The Hall–Kier alpha value is -4.63. The van der Waals surface area contributed by atoms with Crippen LogP contribution in [-0.4, -0.2) is 68.3 Å². The van der Waals surface area contributed by atoms with Gasteiger partial charge >= 0.3 is 6.03 Å². The number of likely N-dealkylation sites (N-methyl/N-ethyl adjacent to an activating group) is 1. The Morgan fingerprint density at radius 1 is 0.909 bits per heavy atom. The summed E-state index contributed by atoms with van der Waals surface area (Å²) in [7, 11) is 5.37. The molecule has 3 heterocycles. The normalized spacial score (nSPS) is 17.1. The molecule has 1 atom stereocenters. The van der Waals surface area contributed by atoms with E-state index in [2.05, 4.69) is 41.1 Å². The Morgan fingerprint density at radius 3 is 2.27 bits per heavy atom. The third-order valence-corrected chi connectivity index (χ3v) is 8.77. The van der Waals surface area contributed by atoms with E-state index in [1.165, 1.54) is 5.69 Å². The molecule has 2 aliphatic rings. The second-order valence-corrected chi connectivity index (χ2v) is 11.6. The van der Waals surface area contributed by atoms with Crippen LogP contribution in [0.25, 0.3) is 0 Å². The lowest BCUT2D eigenvalue weighted by atomic mass is 10.0. The van der Waals surface area contributed by atoms with Crippen molar-refractivity contribution in [3.63, 3.8) is 0 Å². The summed E-state index contributed by atoms with van der Waals surface area (Å²) in [5, 5.41) is 0. The highest BCUT2D eigenvalue weighted by molar-refractivity contribution is 6.12. The molecule has 228 valence electrons. The summed E-state index contributed by atoms with van der Waals surface area (Å²) in [6.45, 7) is 10.3. The van der Waals surface area contributed by atoms with Crippen molar-refractivity contribution in [3.05, 3.63) is 94.9 Å². The number of nitrogens with zero attached hydrogens (tertiary/aromatic N) is 6. The van der Waals surface area contributed by atoms with E-state index in [0.717, 1.165) is 54.1 Å². The number of urea groups is 1. The molecular formula is C35H40N6O3. The molecule has 9 nitrogen and oxygen atoms in total. The van der Waals surface area contributed by atoms with Gasteiger partial charge in [0.05, 0.1) is 31.6 Å². The van der Waals surface area contributed by atoms with Gasteiger partial charge in [0.15, 0.2) is 0 Å². The number of fused-ring (bicyclic) bond motifs is 1. The molecule has 0 N–H and O–H groups in total. The molecule has 0 spiro atoms. The zero-order valence-corrected chi connectivity index (χ0v) is 26.4. The molecule has 2 aliphatic heterocycles. The number of para-hydroxylation sites is 1. The van der Waals surface area contributed by atoms with Crippen LogP contribution in [-0.2, 0) is 6.42 Å². The molecule has 1 aromatic heterocycles. The van der Waals surface area contributed by atoms with Gasteiger partial charge in [0.25, 0.3) is 0 Å². The SMILES string of the molecule is COc1ccc(N2C(=O)N(c3c(C)cccc3C)C(C)c3cnc(Cc4ccc(N5CCN(C)CC5)cc4)nc32)c(OC)c1. The number of ether oxygens (including phenoxy) is 2. The van der Waals surface area contributed by atoms with Gasteiger partial charge in [-0.1, -0.05) is 30.3 Å². The molecule has 9 heteroatoms. The molecule has 0 bridgehead atoms. The monoisotopic (exact) mass is 592 g/mol. The van der Waals surface area contributed by atoms with Crippen molar-refractivity contribution in [2.24, 2.45) is 0 Å². The molecule has 1 unspecified atom stereocenters. The average molecular weight is 593 g/mol. The second kappa shape index (κ2) is 12.2. The van der Waals surface area contributed by atoms with Crippen LogP contribution >= 0.6 is 0 Å². The third-order valence-electron chi connectivity index (χ3n) is 8.77. The fourth-order valence-corrected chi connectivity index (χ4v) is 6.21. The summed E-state index contributed by atoms with van der Waals surface area (Å²) < 4.78 is 11.2. The first-order chi connectivity index (χ1) is 21.3. The van der Waals surface area contributed by atoms with E-state index in [4.69, 9.17) is 19.4 Å². The highest BCUT2D eigenvalue weighted by atomic mass is 16.5. The molecule has 2 amide bonds. The number of benzene rings is 3. The van der Waals surface area contributed by atoms with Crippen molar-refractivity contribution < 1.29 is 14.3 Å². The Labute approximate surface area is 259 Å². The summed E-state index contributed by atoms with van der Waals surface area (Å²) >= 11 is 0. The van der Waals surface area contributed by atoms with E-state index in [1.807, 2.05) is 62.2 Å². The van der Waals surface area contributed by atoms with Crippen molar-refractivity contribution in [1.82, 2.24) is 14.9 Å². The zero-order chi connectivity index (χ0) is 31.0. The van der Waals surface area contributed by atoms with Crippen molar-refractivity contribution in [3.8, 4) is 11.5 Å².